The van der Waals surface area contributed by atoms with Crippen LogP contribution < -0.4 is 0 Å². The summed E-state index contributed by atoms with van der Waals surface area (Å²) in [7, 11) is 0. The number of aryl methyl sites for hydroxylation is 1. The first-order valence-electron chi connectivity index (χ1n) is 4.41. The molecule has 0 aliphatic rings. The Morgan fingerprint density at radius 1 is 1.53 bits per heavy atom. The highest BCUT2D eigenvalue weighted by Gasteiger charge is 2.15. The van der Waals surface area contributed by atoms with Crippen molar-refractivity contribution >= 4 is 55.2 Å². The molecule has 0 spiro atoms. The lowest BCUT2D eigenvalue weighted by Crippen LogP contribution is -1.88. The third-order valence-electron chi connectivity index (χ3n) is 2.31. The number of fused-ring (bicyclic) bond motifs is 1. The van der Waals surface area contributed by atoms with E-state index in [9.17, 15) is 4.79 Å². The second kappa shape index (κ2) is 4.24. The second-order valence-electron chi connectivity index (χ2n) is 3.27. The van der Waals surface area contributed by atoms with Gasteiger partial charge in [-0.15, -0.1) is 11.3 Å². The number of benzene rings is 1. The van der Waals surface area contributed by atoms with E-state index in [0.717, 1.165) is 27.1 Å². The fraction of sp³-hybridized carbons (Fsp3) is 0.182. The minimum Gasteiger partial charge on any atom is -0.302 e. The lowest BCUT2D eigenvalue weighted by atomic mass is 10.1. The van der Waals surface area contributed by atoms with Crippen LogP contribution in [-0.2, 0) is 4.79 Å². The summed E-state index contributed by atoms with van der Waals surface area (Å²) in [6, 6.07) is 5.80. The number of aldehydes is 1. The molecule has 1 unspecified atom stereocenters. The third-order valence-corrected chi connectivity index (χ3v) is 4.87. The number of thiophene rings is 1. The maximum atomic E-state index is 10.7. The Kier molecular flexibility index (Phi) is 3.14. The van der Waals surface area contributed by atoms with Crippen molar-refractivity contribution < 1.29 is 4.79 Å². The van der Waals surface area contributed by atoms with Crippen LogP contribution in [0.15, 0.2) is 18.2 Å². The van der Waals surface area contributed by atoms with Crippen LogP contribution in [0, 0.1) is 6.92 Å². The first-order chi connectivity index (χ1) is 7.13. The van der Waals surface area contributed by atoms with Crippen molar-refractivity contribution in [1.82, 2.24) is 0 Å². The number of hydrogen-bond acceptors (Lipinski definition) is 2. The number of halogens is 2. The van der Waals surface area contributed by atoms with Crippen LogP contribution in [0.4, 0.5) is 0 Å². The minimum absolute atomic E-state index is 0.214. The number of hydrogen-bond donors (Lipinski definition) is 0. The van der Waals surface area contributed by atoms with Gasteiger partial charge in [-0.2, -0.15) is 0 Å². The summed E-state index contributed by atoms with van der Waals surface area (Å²) in [5.41, 5.74) is 1.13. The van der Waals surface area contributed by atoms with Crippen molar-refractivity contribution in [3.63, 3.8) is 0 Å². The van der Waals surface area contributed by atoms with Crippen LogP contribution in [0.3, 0.4) is 0 Å². The molecular weight excluding hydrogens is 296 g/mol. The van der Waals surface area contributed by atoms with Crippen LogP contribution in [0.2, 0.25) is 5.02 Å². The SMILES string of the molecule is Cc1c(C(Br)C=O)sc2ccc(Cl)cc12. The maximum absolute atomic E-state index is 10.7. The number of carbonyl (C=O) groups is 1. The number of carbonyl (C=O) groups excluding carboxylic acids is 1. The fourth-order valence-electron chi connectivity index (χ4n) is 1.54. The standard InChI is InChI=1S/C11H8BrClOS/c1-6-8-4-7(13)2-3-10(8)15-11(6)9(12)5-14/h2-5,9H,1H3. The average Bonchev–Trinajstić information content (AvgIpc) is 2.55. The highest BCUT2D eigenvalue weighted by atomic mass is 79.9. The molecule has 1 heterocycles. The molecule has 0 aliphatic carbocycles. The molecule has 78 valence electrons. The van der Waals surface area contributed by atoms with Crippen molar-refractivity contribution in [3.8, 4) is 0 Å². The Morgan fingerprint density at radius 3 is 2.93 bits per heavy atom. The molecule has 0 saturated carbocycles. The monoisotopic (exact) mass is 302 g/mol. The van der Waals surface area contributed by atoms with Crippen molar-refractivity contribution in [3.05, 3.63) is 33.7 Å². The Labute approximate surface area is 105 Å². The summed E-state index contributed by atoms with van der Waals surface area (Å²) in [5.74, 6) is 0. The third kappa shape index (κ3) is 1.96. The Bertz CT molecular complexity index is 521. The molecule has 4 heteroatoms. The summed E-state index contributed by atoms with van der Waals surface area (Å²) >= 11 is 10.9. The van der Waals surface area contributed by atoms with Gasteiger partial charge in [-0.3, -0.25) is 0 Å². The van der Waals surface area contributed by atoms with E-state index >= 15 is 0 Å². The molecule has 1 atom stereocenters. The number of rotatable bonds is 2. The van der Waals surface area contributed by atoms with Gasteiger partial charge in [0.05, 0.1) is 0 Å². The molecule has 0 aliphatic heterocycles. The van der Waals surface area contributed by atoms with Crippen molar-refractivity contribution in [2.45, 2.75) is 11.8 Å². The van der Waals surface area contributed by atoms with Gasteiger partial charge in [-0.05, 0) is 36.1 Å². The molecule has 15 heavy (non-hydrogen) atoms. The Hall–Kier alpha value is -0.380. The molecular formula is C11H8BrClOS. The molecule has 1 nitrogen and oxygen atoms in total. The largest absolute Gasteiger partial charge is 0.302 e. The van der Waals surface area contributed by atoms with Crippen LogP contribution in [0.1, 0.15) is 15.3 Å². The first-order valence-corrected chi connectivity index (χ1v) is 6.52. The Morgan fingerprint density at radius 2 is 2.27 bits per heavy atom. The van der Waals surface area contributed by atoms with Gasteiger partial charge in [-0.1, -0.05) is 27.5 Å². The smallest absolute Gasteiger partial charge is 0.138 e. The fourth-order valence-corrected chi connectivity index (χ4v) is 3.46. The predicted molar refractivity (Wildman–Crippen MR) is 69.3 cm³/mol. The van der Waals surface area contributed by atoms with Gasteiger partial charge in [0.25, 0.3) is 0 Å². The lowest BCUT2D eigenvalue weighted by Gasteiger charge is -1.98. The zero-order valence-electron chi connectivity index (χ0n) is 7.96. The zero-order valence-corrected chi connectivity index (χ0v) is 11.1. The van der Waals surface area contributed by atoms with Gasteiger partial charge in [0.15, 0.2) is 0 Å². The molecule has 0 bridgehead atoms. The van der Waals surface area contributed by atoms with E-state index < -0.39 is 0 Å². The van der Waals surface area contributed by atoms with Crippen LogP contribution >= 0.6 is 38.9 Å². The van der Waals surface area contributed by atoms with Crippen molar-refractivity contribution in [1.29, 1.82) is 0 Å². The van der Waals surface area contributed by atoms with E-state index in [1.54, 1.807) is 11.3 Å². The molecule has 0 N–H and O–H groups in total. The van der Waals surface area contributed by atoms with E-state index in [2.05, 4.69) is 15.9 Å². The Balaban J connectivity index is 2.69. The van der Waals surface area contributed by atoms with E-state index in [1.807, 2.05) is 25.1 Å². The summed E-state index contributed by atoms with van der Waals surface area (Å²) < 4.78 is 1.17. The lowest BCUT2D eigenvalue weighted by molar-refractivity contribution is -0.107. The van der Waals surface area contributed by atoms with Gasteiger partial charge in [0.2, 0.25) is 0 Å². The van der Waals surface area contributed by atoms with E-state index in [0.29, 0.717) is 0 Å². The van der Waals surface area contributed by atoms with Crippen molar-refractivity contribution in [2.75, 3.05) is 0 Å². The van der Waals surface area contributed by atoms with Gasteiger partial charge in [0.1, 0.15) is 11.1 Å². The van der Waals surface area contributed by atoms with E-state index in [4.69, 9.17) is 11.6 Å². The average molecular weight is 304 g/mol. The predicted octanol–water partition coefficient (Wildman–Crippen LogP) is 4.50. The quantitative estimate of drug-likeness (QED) is 0.590. The van der Waals surface area contributed by atoms with Crippen LogP contribution in [0.5, 0.6) is 0 Å². The van der Waals surface area contributed by atoms with Crippen molar-refractivity contribution in [2.24, 2.45) is 0 Å². The van der Waals surface area contributed by atoms with Crippen LogP contribution in [0.25, 0.3) is 10.1 Å². The van der Waals surface area contributed by atoms with Crippen LogP contribution in [-0.4, -0.2) is 6.29 Å². The van der Waals surface area contributed by atoms with Gasteiger partial charge in [0, 0.05) is 14.6 Å². The van der Waals surface area contributed by atoms with Gasteiger partial charge in [-0.25, -0.2) is 0 Å². The van der Waals surface area contributed by atoms with Gasteiger partial charge >= 0.3 is 0 Å². The molecule has 0 fully saturated rings. The highest BCUT2D eigenvalue weighted by molar-refractivity contribution is 9.09. The normalized spacial score (nSPS) is 13.0. The topological polar surface area (TPSA) is 17.1 Å². The second-order valence-corrected chi connectivity index (χ2v) is 5.78. The highest BCUT2D eigenvalue weighted by Crippen LogP contribution is 2.38. The molecule has 2 rings (SSSR count). The zero-order chi connectivity index (χ0) is 11.0. The molecule has 0 radical (unpaired) electrons. The van der Waals surface area contributed by atoms with Gasteiger partial charge < -0.3 is 4.79 Å². The van der Waals surface area contributed by atoms with E-state index in [-0.39, 0.29) is 4.83 Å². The van der Waals surface area contributed by atoms with E-state index in [1.165, 1.54) is 4.70 Å². The maximum Gasteiger partial charge on any atom is 0.138 e. The number of alkyl halides is 1. The molecule has 1 aromatic heterocycles. The first kappa shape index (κ1) is 11.1. The molecule has 0 saturated heterocycles. The summed E-state index contributed by atoms with van der Waals surface area (Å²) in [6.45, 7) is 2.02. The molecule has 0 amide bonds. The minimum atomic E-state index is -0.214. The summed E-state index contributed by atoms with van der Waals surface area (Å²) in [6.07, 6.45) is 0.902. The molecule has 2 aromatic rings. The molecule has 1 aromatic carbocycles. The summed E-state index contributed by atoms with van der Waals surface area (Å²) in [4.78, 5) is 11.6. The summed E-state index contributed by atoms with van der Waals surface area (Å²) in [5, 5.41) is 1.86.